The molecule has 0 spiro atoms. The third-order valence-electron chi connectivity index (χ3n) is 5.01. The highest BCUT2D eigenvalue weighted by atomic mass is 16.4. The van der Waals surface area contributed by atoms with Crippen LogP contribution in [0.2, 0.25) is 0 Å². The molecule has 2 atom stereocenters. The molecule has 1 aromatic rings. The van der Waals surface area contributed by atoms with Crippen molar-refractivity contribution in [3.63, 3.8) is 0 Å². The quantitative estimate of drug-likeness (QED) is 0.903. The maximum absolute atomic E-state index is 11.7. The van der Waals surface area contributed by atoms with Gasteiger partial charge in [0.2, 0.25) is 0 Å². The highest BCUT2D eigenvalue weighted by Gasteiger charge is 2.47. The molecule has 1 fully saturated rings. The van der Waals surface area contributed by atoms with E-state index < -0.39 is 11.5 Å². The van der Waals surface area contributed by atoms with Crippen molar-refractivity contribution in [1.82, 2.24) is 4.90 Å². The van der Waals surface area contributed by atoms with Crippen LogP contribution in [-0.4, -0.2) is 34.6 Å². The molecule has 0 saturated carbocycles. The summed E-state index contributed by atoms with van der Waals surface area (Å²) in [7, 11) is 0. The van der Waals surface area contributed by atoms with Crippen molar-refractivity contribution in [3.8, 4) is 0 Å². The van der Waals surface area contributed by atoms with E-state index in [1.54, 1.807) is 0 Å². The van der Waals surface area contributed by atoms with Crippen LogP contribution in [0.4, 0.5) is 0 Å². The van der Waals surface area contributed by atoms with E-state index in [-0.39, 0.29) is 0 Å². The zero-order chi connectivity index (χ0) is 13.5. The number of nitrogens with zero attached hydrogens (tertiary/aromatic N) is 1. The zero-order valence-electron chi connectivity index (χ0n) is 11.4. The second kappa shape index (κ2) is 4.64. The number of carboxylic acids is 1. The lowest BCUT2D eigenvalue weighted by Crippen LogP contribution is -2.52. The van der Waals surface area contributed by atoms with Gasteiger partial charge in [0.1, 0.15) is 5.54 Å². The summed E-state index contributed by atoms with van der Waals surface area (Å²) in [5, 5.41) is 9.59. The minimum atomic E-state index is -0.639. The molecule has 0 amide bonds. The van der Waals surface area contributed by atoms with Crippen LogP contribution in [0, 0.1) is 0 Å². The van der Waals surface area contributed by atoms with Crippen molar-refractivity contribution in [3.05, 3.63) is 35.4 Å². The SMILES string of the molecule is CCC1(C(=O)O)CCCN1CC1Cc2ccccc21. The molecule has 0 radical (unpaired) electrons. The second-order valence-corrected chi connectivity index (χ2v) is 5.84. The zero-order valence-corrected chi connectivity index (χ0v) is 11.4. The molecule has 0 bridgehead atoms. The van der Waals surface area contributed by atoms with Gasteiger partial charge in [0.15, 0.2) is 0 Å². The minimum absolute atomic E-state index is 0.527. The van der Waals surface area contributed by atoms with Gasteiger partial charge in [-0.05, 0) is 43.4 Å². The minimum Gasteiger partial charge on any atom is -0.480 e. The van der Waals surface area contributed by atoms with Gasteiger partial charge in [-0.3, -0.25) is 9.69 Å². The normalized spacial score (nSPS) is 29.8. The first-order chi connectivity index (χ1) is 9.17. The number of aliphatic carboxylic acids is 1. The second-order valence-electron chi connectivity index (χ2n) is 5.84. The molecule has 1 heterocycles. The van der Waals surface area contributed by atoms with E-state index in [4.69, 9.17) is 0 Å². The fourth-order valence-electron chi connectivity index (χ4n) is 3.79. The fourth-order valence-corrected chi connectivity index (χ4v) is 3.79. The first-order valence-corrected chi connectivity index (χ1v) is 7.23. The third-order valence-corrected chi connectivity index (χ3v) is 5.01. The number of benzene rings is 1. The maximum Gasteiger partial charge on any atom is 0.324 e. The van der Waals surface area contributed by atoms with Crippen molar-refractivity contribution in [2.24, 2.45) is 0 Å². The first-order valence-electron chi connectivity index (χ1n) is 7.23. The Balaban J connectivity index is 1.76. The van der Waals surface area contributed by atoms with Crippen LogP contribution < -0.4 is 0 Å². The molecule has 0 aromatic heterocycles. The number of hydrogen-bond donors (Lipinski definition) is 1. The molecule has 1 aliphatic carbocycles. The lowest BCUT2D eigenvalue weighted by atomic mass is 9.77. The Labute approximate surface area is 114 Å². The van der Waals surface area contributed by atoms with Crippen LogP contribution >= 0.6 is 0 Å². The van der Waals surface area contributed by atoms with E-state index in [0.29, 0.717) is 12.3 Å². The number of fused-ring (bicyclic) bond motifs is 1. The number of hydrogen-bond acceptors (Lipinski definition) is 2. The largest absolute Gasteiger partial charge is 0.480 e. The van der Waals surface area contributed by atoms with Crippen molar-refractivity contribution in [1.29, 1.82) is 0 Å². The molecule has 3 nitrogen and oxygen atoms in total. The Morgan fingerprint density at radius 3 is 2.95 bits per heavy atom. The van der Waals surface area contributed by atoms with E-state index in [0.717, 1.165) is 32.4 Å². The Hall–Kier alpha value is -1.35. The predicted octanol–water partition coefficient (Wildman–Crippen LogP) is 2.66. The topological polar surface area (TPSA) is 40.5 Å². The van der Waals surface area contributed by atoms with E-state index in [9.17, 15) is 9.90 Å². The standard InChI is InChI=1S/C16H21NO2/c1-2-16(15(18)19)8-5-9-17(16)11-13-10-12-6-3-4-7-14(12)13/h3-4,6-7,13H,2,5,8-11H2,1H3,(H,18,19). The van der Waals surface area contributed by atoms with Gasteiger partial charge in [-0.25, -0.2) is 0 Å². The molecule has 19 heavy (non-hydrogen) atoms. The third kappa shape index (κ3) is 1.88. The van der Waals surface area contributed by atoms with Crippen molar-refractivity contribution in [2.45, 2.75) is 44.1 Å². The lowest BCUT2D eigenvalue weighted by molar-refractivity contribution is -0.150. The molecule has 1 aliphatic heterocycles. The van der Waals surface area contributed by atoms with Crippen molar-refractivity contribution in [2.75, 3.05) is 13.1 Å². The molecule has 2 aliphatic rings. The maximum atomic E-state index is 11.7. The van der Waals surface area contributed by atoms with Crippen LogP contribution in [0.15, 0.2) is 24.3 Å². The summed E-state index contributed by atoms with van der Waals surface area (Å²) in [6, 6.07) is 8.53. The van der Waals surface area contributed by atoms with Gasteiger partial charge in [-0.2, -0.15) is 0 Å². The molecule has 1 saturated heterocycles. The van der Waals surface area contributed by atoms with Gasteiger partial charge < -0.3 is 5.11 Å². The summed E-state index contributed by atoms with van der Waals surface area (Å²) in [4.78, 5) is 13.9. The Kier molecular flexibility index (Phi) is 3.09. The summed E-state index contributed by atoms with van der Waals surface area (Å²) >= 11 is 0. The van der Waals surface area contributed by atoms with E-state index in [1.807, 2.05) is 6.92 Å². The number of carboxylic acid groups (broad SMARTS) is 1. The van der Waals surface area contributed by atoms with Crippen LogP contribution in [0.25, 0.3) is 0 Å². The van der Waals surface area contributed by atoms with Gasteiger partial charge in [-0.1, -0.05) is 31.2 Å². The summed E-state index contributed by atoms with van der Waals surface area (Å²) in [6.45, 7) is 3.83. The van der Waals surface area contributed by atoms with E-state index in [1.165, 1.54) is 11.1 Å². The molecular formula is C16H21NO2. The summed E-state index contributed by atoms with van der Waals surface area (Å²) in [5.41, 5.74) is 2.25. The fraction of sp³-hybridized carbons (Fsp3) is 0.562. The Morgan fingerprint density at radius 1 is 1.47 bits per heavy atom. The average Bonchev–Trinajstić information content (AvgIpc) is 2.80. The van der Waals surface area contributed by atoms with Crippen LogP contribution in [0.1, 0.15) is 43.2 Å². The Morgan fingerprint density at radius 2 is 2.26 bits per heavy atom. The molecular weight excluding hydrogens is 238 g/mol. The first kappa shape index (κ1) is 12.7. The number of carbonyl (C=O) groups is 1. The van der Waals surface area contributed by atoms with Gasteiger partial charge >= 0.3 is 5.97 Å². The predicted molar refractivity (Wildman–Crippen MR) is 74.4 cm³/mol. The van der Waals surface area contributed by atoms with Crippen LogP contribution in [-0.2, 0) is 11.2 Å². The highest BCUT2D eigenvalue weighted by Crippen LogP contribution is 2.40. The van der Waals surface area contributed by atoms with E-state index >= 15 is 0 Å². The molecule has 3 rings (SSSR count). The molecule has 102 valence electrons. The monoisotopic (exact) mass is 259 g/mol. The van der Waals surface area contributed by atoms with Gasteiger partial charge in [0, 0.05) is 12.5 Å². The number of rotatable bonds is 4. The van der Waals surface area contributed by atoms with Gasteiger partial charge in [0.25, 0.3) is 0 Å². The summed E-state index contributed by atoms with van der Waals surface area (Å²) in [5.74, 6) is -0.111. The smallest absolute Gasteiger partial charge is 0.324 e. The molecule has 2 unspecified atom stereocenters. The van der Waals surface area contributed by atoms with Gasteiger partial charge in [0.05, 0.1) is 0 Å². The molecule has 1 N–H and O–H groups in total. The lowest BCUT2D eigenvalue weighted by Gasteiger charge is -2.39. The van der Waals surface area contributed by atoms with E-state index in [2.05, 4.69) is 29.2 Å². The molecule has 1 aromatic carbocycles. The van der Waals surface area contributed by atoms with Crippen molar-refractivity contribution < 1.29 is 9.90 Å². The highest BCUT2D eigenvalue weighted by molar-refractivity contribution is 5.79. The Bertz CT molecular complexity index is 499. The van der Waals surface area contributed by atoms with Crippen molar-refractivity contribution >= 4 is 5.97 Å². The molecule has 3 heteroatoms. The van der Waals surface area contributed by atoms with Crippen LogP contribution in [0.5, 0.6) is 0 Å². The van der Waals surface area contributed by atoms with Gasteiger partial charge in [-0.15, -0.1) is 0 Å². The summed E-state index contributed by atoms with van der Waals surface area (Å²) < 4.78 is 0. The summed E-state index contributed by atoms with van der Waals surface area (Å²) in [6.07, 6.45) is 3.62. The number of likely N-dealkylation sites (tertiary alicyclic amines) is 1. The van der Waals surface area contributed by atoms with Crippen LogP contribution in [0.3, 0.4) is 0 Å². The average molecular weight is 259 g/mol.